The summed E-state index contributed by atoms with van der Waals surface area (Å²) in [6, 6.07) is 0.424. The van der Waals surface area contributed by atoms with Gasteiger partial charge in [0.1, 0.15) is 6.04 Å². The van der Waals surface area contributed by atoms with Crippen molar-refractivity contribution in [2.45, 2.75) is 245 Å². The fraction of sp³-hybridized carbons (Fsp3) is 1.00. The number of nitrogens with zero attached hydrogens (tertiary/aromatic N) is 1. The van der Waals surface area contributed by atoms with Crippen LogP contribution in [0.3, 0.4) is 0 Å². The molecule has 0 saturated heterocycles. The minimum Gasteiger partial charge on any atom is -0.217 e. The highest BCUT2D eigenvalue weighted by atomic mass is 16.5. The molecular formula is C40H84NO+. The van der Waals surface area contributed by atoms with Crippen molar-refractivity contribution in [1.29, 1.82) is 0 Å². The van der Waals surface area contributed by atoms with Crippen molar-refractivity contribution < 1.29 is 9.85 Å². The molecule has 0 aromatic carbocycles. The second kappa shape index (κ2) is 33.8. The van der Waals surface area contributed by atoms with E-state index in [0.717, 1.165) is 0 Å². The van der Waals surface area contributed by atoms with Gasteiger partial charge in [-0.3, -0.25) is 0 Å². The summed E-state index contributed by atoms with van der Waals surface area (Å²) in [5, 5.41) is 10.7. The minimum atomic E-state index is 0.164. The summed E-state index contributed by atoms with van der Waals surface area (Å²) < 4.78 is 0.164. The first-order valence-corrected chi connectivity index (χ1v) is 20.1. The lowest BCUT2D eigenvalue weighted by molar-refractivity contribution is -1.09. The van der Waals surface area contributed by atoms with Crippen LogP contribution in [-0.4, -0.2) is 30.0 Å². The van der Waals surface area contributed by atoms with Crippen LogP contribution in [-0.2, 0) is 0 Å². The molecule has 0 rings (SSSR count). The van der Waals surface area contributed by atoms with E-state index < -0.39 is 0 Å². The summed E-state index contributed by atoms with van der Waals surface area (Å²) in [6.45, 7) is 4.60. The van der Waals surface area contributed by atoms with Crippen LogP contribution in [0, 0.1) is 0 Å². The quantitative estimate of drug-likeness (QED) is 0.0434. The minimum absolute atomic E-state index is 0.164. The molecule has 0 aliphatic heterocycles. The maximum absolute atomic E-state index is 10.7. The third-order valence-electron chi connectivity index (χ3n) is 9.93. The third-order valence-corrected chi connectivity index (χ3v) is 9.93. The molecule has 0 aromatic heterocycles. The molecule has 0 radical (unpaired) electrons. The van der Waals surface area contributed by atoms with Crippen LogP contribution in [0.4, 0.5) is 0 Å². The SMILES string of the molecule is CCCCCCCCCCCCCCCCCCCCCCC(CCCCCCCCCCCCCCC)[N+](C)(C)O. The lowest BCUT2D eigenvalue weighted by Gasteiger charge is -2.30. The molecule has 0 fully saturated rings. The average molecular weight is 595 g/mol. The standard InChI is InChI=1S/C40H84NO/c1-5-7-9-11-13-15-17-19-20-21-22-23-24-25-27-29-31-33-35-37-39-40(41(3,4)42)38-36-34-32-30-28-26-18-16-14-12-10-8-6-2/h40,42H,5-39H2,1-4H3/q+1. The molecule has 0 aliphatic rings. The van der Waals surface area contributed by atoms with E-state index in [0.29, 0.717) is 6.04 Å². The highest BCUT2D eigenvalue weighted by Gasteiger charge is 2.25. The molecule has 1 N–H and O–H groups in total. The third kappa shape index (κ3) is 32.8. The van der Waals surface area contributed by atoms with E-state index in [1.165, 1.54) is 225 Å². The van der Waals surface area contributed by atoms with Crippen molar-refractivity contribution in [1.82, 2.24) is 0 Å². The van der Waals surface area contributed by atoms with Gasteiger partial charge < -0.3 is 0 Å². The van der Waals surface area contributed by atoms with Gasteiger partial charge in [-0.05, 0) is 12.8 Å². The van der Waals surface area contributed by atoms with Crippen LogP contribution >= 0.6 is 0 Å². The Bertz CT molecular complexity index is 485. The van der Waals surface area contributed by atoms with Crippen molar-refractivity contribution >= 4 is 0 Å². The van der Waals surface area contributed by atoms with Crippen LogP contribution < -0.4 is 0 Å². The molecule has 0 aliphatic carbocycles. The number of hydrogen-bond donors (Lipinski definition) is 1. The number of rotatable bonds is 36. The summed E-state index contributed by atoms with van der Waals surface area (Å²) in [5.74, 6) is 0. The fourth-order valence-corrected chi connectivity index (χ4v) is 6.81. The second-order valence-corrected chi connectivity index (χ2v) is 14.7. The zero-order chi connectivity index (χ0) is 30.8. The van der Waals surface area contributed by atoms with Crippen LogP contribution in [0.15, 0.2) is 0 Å². The number of hydrogen-bond acceptors (Lipinski definition) is 1. The zero-order valence-corrected chi connectivity index (χ0v) is 30.2. The summed E-state index contributed by atoms with van der Waals surface area (Å²) in [6.07, 6.45) is 49.5. The lowest BCUT2D eigenvalue weighted by atomic mass is 9.98. The van der Waals surface area contributed by atoms with Gasteiger partial charge in [0.15, 0.2) is 0 Å². The molecular weight excluding hydrogens is 510 g/mol. The van der Waals surface area contributed by atoms with Gasteiger partial charge in [0.2, 0.25) is 0 Å². The zero-order valence-electron chi connectivity index (χ0n) is 30.2. The molecule has 0 amide bonds. The molecule has 0 heterocycles. The average Bonchev–Trinajstić information content (AvgIpc) is 2.96. The Morgan fingerprint density at radius 2 is 0.476 bits per heavy atom. The van der Waals surface area contributed by atoms with Crippen LogP contribution in [0.1, 0.15) is 239 Å². The summed E-state index contributed by atoms with van der Waals surface area (Å²) in [4.78, 5) is 0. The van der Waals surface area contributed by atoms with E-state index >= 15 is 0 Å². The van der Waals surface area contributed by atoms with Gasteiger partial charge in [-0.15, -0.1) is 0 Å². The van der Waals surface area contributed by atoms with Crippen molar-refractivity contribution in [3.8, 4) is 0 Å². The summed E-state index contributed by atoms with van der Waals surface area (Å²) in [7, 11) is 3.98. The predicted molar refractivity (Wildman–Crippen MR) is 191 cm³/mol. The van der Waals surface area contributed by atoms with Crippen molar-refractivity contribution in [3.63, 3.8) is 0 Å². The van der Waals surface area contributed by atoms with Crippen LogP contribution in [0.25, 0.3) is 0 Å². The number of unbranched alkanes of at least 4 members (excludes halogenated alkanes) is 31. The fourth-order valence-electron chi connectivity index (χ4n) is 6.81. The molecule has 2 nitrogen and oxygen atoms in total. The Labute approximate surface area is 268 Å². The van der Waals surface area contributed by atoms with E-state index in [-0.39, 0.29) is 4.65 Å². The van der Waals surface area contributed by atoms with Crippen molar-refractivity contribution in [2.24, 2.45) is 0 Å². The van der Waals surface area contributed by atoms with Gasteiger partial charge in [0, 0.05) is 12.8 Å². The predicted octanol–water partition coefficient (Wildman–Crippen LogP) is 14.5. The van der Waals surface area contributed by atoms with E-state index in [1.54, 1.807) is 0 Å². The van der Waals surface area contributed by atoms with Crippen molar-refractivity contribution in [3.05, 3.63) is 0 Å². The highest BCUT2D eigenvalue weighted by Crippen LogP contribution is 2.21. The maximum Gasteiger partial charge on any atom is 0.118 e. The first-order chi connectivity index (χ1) is 20.5. The summed E-state index contributed by atoms with van der Waals surface area (Å²) in [5.41, 5.74) is 0. The van der Waals surface area contributed by atoms with Gasteiger partial charge in [0.05, 0.1) is 14.1 Å². The Morgan fingerprint density at radius 1 is 0.310 bits per heavy atom. The monoisotopic (exact) mass is 595 g/mol. The lowest BCUT2D eigenvalue weighted by Crippen LogP contribution is -2.45. The van der Waals surface area contributed by atoms with Crippen LogP contribution in [0.5, 0.6) is 0 Å². The van der Waals surface area contributed by atoms with Gasteiger partial charge in [-0.2, -0.15) is 4.65 Å². The van der Waals surface area contributed by atoms with E-state index in [9.17, 15) is 5.21 Å². The second-order valence-electron chi connectivity index (χ2n) is 14.7. The molecule has 0 aromatic rings. The maximum atomic E-state index is 10.7. The highest BCUT2D eigenvalue weighted by molar-refractivity contribution is 4.60. The smallest absolute Gasteiger partial charge is 0.118 e. The Kier molecular flexibility index (Phi) is 33.7. The van der Waals surface area contributed by atoms with Gasteiger partial charge in [-0.1, -0.05) is 213 Å². The van der Waals surface area contributed by atoms with E-state index in [4.69, 9.17) is 0 Å². The van der Waals surface area contributed by atoms with E-state index in [2.05, 4.69) is 13.8 Å². The molecule has 1 atom stereocenters. The Balaban J connectivity index is 3.46. The molecule has 254 valence electrons. The van der Waals surface area contributed by atoms with Gasteiger partial charge in [-0.25, -0.2) is 5.21 Å². The molecule has 2 heteroatoms. The molecule has 42 heavy (non-hydrogen) atoms. The first-order valence-electron chi connectivity index (χ1n) is 20.1. The number of hydroxylamine groups is 3. The van der Waals surface area contributed by atoms with E-state index in [1.807, 2.05) is 14.1 Å². The first kappa shape index (κ1) is 41.9. The molecule has 0 saturated carbocycles. The largest absolute Gasteiger partial charge is 0.217 e. The Hall–Kier alpha value is -0.0800. The van der Waals surface area contributed by atoms with Gasteiger partial charge in [0.25, 0.3) is 0 Å². The summed E-state index contributed by atoms with van der Waals surface area (Å²) >= 11 is 0. The van der Waals surface area contributed by atoms with Crippen molar-refractivity contribution in [2.75, 3.05) is 14.1 Å². The number of quaternary nitrogens is 1. The normalized spacial score (nSPS) is 12.8. The van der Waals surface area contributed by atoms with Gasteiger partial charge >= 0.3 is 0 Å². The Morgan fingerprint density at radius 3 is 0.643 bits per heavy atom. The molecule has 0 bridgehead atoms. The molecule has 0 spiro atoms. The molecule has 1 unspecified atom stereocenters. The van der Waals surface area contributed by atoms with Crippen LogP contribution in [0.2, 0.25) is 0 Å². The topological polar surface area (TPSA) is 20.2 Å².